The van der Waals surface area contributed by atoms with Crippen LogP contribution in [-0.2, 0) is 20.9 Å². The lowest BCUT2D eigenvalue weighted by atomic mass is 10.0. The van der Waals surface area contributed by atoms with Crippen molar-refractivity contribution in [1.82, 2.24) is 4.90 Å². The van der Waals surface area contributed by atoms with Gasteiger partial charge >= 0.3 is 18.2 Å². The highest BCUT2D eigenvalue weighted by molar-refractivity contribution is 5.93. The number of hydrogen-bond donors (Lipinski definition) is 1. The highest BCUT2D eigenvalue weighted by Gasteiger charge is 2.40. The summed E-state index contributed by atoms with van der Waals surface area (Å²) in [5.74, 6) is -1.83. The minimum Gasteiger partial charge on any atom is -0.480 e. The van der Waals surface area contributed by atoms with Gasteiger partial charge in [0.1, 0.15) is 18.2 Å². The summed E-state index contributed by atoms with van der Waals surface area (Å²) in [4.78, 5) is 36.9. The van der Waals surface area contributed by atoms with Gasteiger partial charge in [-0.25, -0.2) is 14.4 Å². The third-order valence-corrected chi connectivity index (χ3v) is 3.15. The minimum absolute atomic E-state index is 0.0800. The van der Waals surface area contributed by atoms with E-state index in [0.29, 0.717) is 4.90 Å². The molecule has 2 amide bonds. The summed E-state index contributed by atoms with van der Waals surface area (Å²) in [7, 11) is 0. The van der Waals surface area contributed by atoms with E-state index in [1.807, 2.05) is 6.07 Å². The molecular weight excluding hydrogens is 326 g/mol. The first-order valence-corrected chi connectivity index (χ1v) is 7.98. The second-order valence-corrected chi connectivity index (χ2v) is 6.92. The van der Waals surface area contributed by atoms with Gasteiger partial charge in [0, 0.05) is 0 Å². The Morgan fingerprint density at radius 1 is 1.08 bits per heavy atom. The lowest BCUT2D eigenvalue weighted by Crippen LogP contribution is -2.52. The Labute approximate surface area is 147 Å². The van der Waals surface area contributed by atoms with E-state index in [4.69, 9.17) is 9.47 Å². The third-order valence-electron chi connectivity index (χ3n) is 3.15. The smallest absolute Gasteiger partial charge is 0.420 e. The molecule has 0 aliphatic carbocycles. The summed E-state index contributed by atoms with van der Waals surface area (Å²) in [5, 5.41) is 9.44. The van der Waals surface area contributed by atoms with Gasteiger partial charge in [0.25, 0.3) is 0 Å². The van der Waals surface area contributed by atoms with Crippen LogP contribution >= 0.6 is 0 Å². The molecule has 138 valence electrons. The Morgan fingerprint density at radius 2 is 1.64 bits per heavy atom. The second kappa shape index (κ2) is 8.50. The van der Waals surface area contributed by atoms with Crippen molar-refractivity contribution < 1.29 is 29.0 Å². The number of carbonyl (C=O) groups excluding carboxylic acids is 2. The second-order valence-electron chi connectivity index (χ2n) is 6.92. The number of ether oxygens (including phenoxy) is 2. The predicted molar refractivity (Wildman–Crippen MR) is 91.0 cm³/mol. The van der Waals surface area contributed by atoms with Crippen molar-refractivity contribution in [2.24, 2.45) is 5.92 Å². The number of carboxylic acids is 1. The van der Waals surface area contributed by atoms with E-state index >= 15 is 0 Å². The zero-order chi connectivity index (χ0) is 19.2. The molecule has 0 fully saturated rings. The lowest BCUT2D eigenvalue weighted by molar-refractivity contribution is -0.144. The largest absolute Gasteiger partial charge is 0.480 e. The van der Waals surface area contributed by atoms with Crippen molar-refractivity contribution in [3.63, 3.8) is 0 Å². The van der Waals surface area contributed by atoms with Gasteiger partial charge in [-0.1, -0.05) is 44.2 Å². The molecule has 0 saturated carbocycles. The molecule has 0 unspecified atom stereocenters. The highest BCUT2D eigenvalue weighted by Crippen LogP contribution is 2.18. The van der Waals surface area contributed by atoms with Crippen molar-refractivity contribution >= 4 is 18.2 Å². The lowest BCUT2D eigenvalue weighted by Gasteiger charge is -2.31. The molecule has 1 rings (SSSR count). The molecule has 7 heteroatoms. The molecule has 1 atom stereocenters. The molecule has 1 N–H and O–H groups in total. The first-order chi connectivity index (χ1) is 11.5. The summed E-state index contributed by atoms with van der Waals surface area (Å²) >= 11 is 0. The highest BCUT2D eigenvalue weighted by atomic mass is 16.6. The molecular formula is C18H25NO6. The normalized spacial score (nSPS) is 12.4. The maximum absolute atomic E-state index is 12.4. The average molecular weight is 351 g/mol. The Hall–Kier alpha value is -2.57. The quantitative estimate of drug-likeness (QED) is 0.870. The van der Waals surface area contributed by atoms with Gasteiger partial charge in [0.2, 0.25) is 0 Å². The van der Waals surface area contributed by atoms with Crippen LogP contribution in [0.15, 0.2) is 30.3 Å². The number of hydrogen-bond acceptors (Lipinski definition) is 5. The molecule has 0 aromatic heterocycles. The van der Waals surface area contributed by atoms with Crippen molar-refractivity contribution in [3.8, 4) is 0 Å². The number of rotatable bonds is 5. The van der Waals surface area contributed by atoms with Crippen LogP contribution in [0.2, 0.25) is 0 Å². The van der Waals surface area contributed by atoms with E-state index in [9.17, 15) is 19.5 Å². The molecule has 0 aliphatic rings. The van der Waals surface area contributed by atoms with Gasteiger partial charge in [-0.3, -0.25) is 0 Å². The molecule has 0 saturated heterocycles. The van der Waals surface area contributed by atoms with Crippen molar-refractivity contribution in [2.45, 2.75) is 52.9 Å². The van der Waals surface area contributed by atoms with E-state index in [1.54, 1.807) is 58.9 Å². The third kappa shape index (κ3) is 6.45. The van der Waals surface area contributed by atoms with Crippen LogP contribution in [0.25, 0.3) is 0 Å². The fourth-order valence-electron chi connectivity index (χ4n) is 2.10. The topological polar surface area (TPSA) is 93.1 Å². The summed E-state index contributed by atoms with van der Waals surface area (Å²) in [5.41, 5.74) is -0.161. The molecule has 0 spiro atoms. The SMILES string of the molecule is CC(C)[C@H](C(=O)O)N(C(=O)OCc1ccccc1)C(=O)OC(C)(C)C. The molecule has 0 aliphatic heterocycles. The average Bonchev–Trinajstić information content (AvgIpc) is 2.48. The summed E-state index contributed by atoms with van der Waals surface area (Å²) in [6.45, 7) is 8.00. The summed E-state index contributed by atoms with van der Waals surface area (Å²) in [6.07, 6.45) is -2.11. The molecule has 0 radical (unpaired) electrons. The van der Waals surface area contributed by atoms with Gasteiger partial charge in [0.05, 0.1) is 0 Å². The first-order valence-electron chi connectivity index (χ1n) is 7.98. The minimum atomic E-state index is -1.39. The number of carboxylic acid groups (broad SMARTS) is 1. The van der Waals surface area contributed by atoms with Crippen molar-refractivity contribution in [1.29, 1.82) is 0 Å². The first kappa shape index (κ1) is 20.5. The van der Waals surface area contributed by atoms with E-state index in [-0.39, 0.29) is 6.61 Å². The number of nitrogens with zero attached hydrogens (tertiary/aromatic N) is 1. The van der Waals surface area contributed by atoms with Crippen molar-refractivity contribution in [3.05, 3.63) is 35.9 Å². The standard InChI is InChI=1S/C18H25NO6/c1-12(2)14(15(20)21)19(17(23)25-18(3,4)5)16(22)24-11-13-9-7-6-8-10-13/h6-10,12,14H,11H2,1-5H3,(H,20,21)/t14-/m1/s1. The maximum Gasteiger partial charge on any atom is 0.420 e. The van der Waals surface area contributed by atoms with Crippen LogP contribution < -0.4 is 0 Å². The van der Waals surface area contributed by atoms with Gasteiger partial charge in [-0.05, 0) is 32.3 Å². The van der Waals surface area contributed by atoms with Gasteiger partial charge in [-0.15, -0.1) is 0 Å². The fraction of sp³-hybridized carbons (Fsp3) is 0.500. The Morgan fingerprint density at radius 3 is 2.08 bits per heavy atom. The Bertz CT molecular complexity index is 606. The number of amides is 2. The van der Waals surface area contributed by atoms with Gasteiger partial charge in [-0.2, -0.15) is 4.90 Å². The Kier molecular flexibility index (Phi) is 6.97. The molecule has 1 aromatic carbocycles. The van der Waals surface area contributed by atoms with Crippen LogP contribution in [0.4, 0.5) is 9.59 Å². The summed E-state index contributed by atoms with van der Waals surface area (Å²) < 4.78 is 10.3. The van der Waals surface area contributed by atoms with E-state index in [2.05, 4.69) is 0 Å². The van der Waals surface area contributed by atoms with Crippen LogP contribution in [0.3, 0.4) is 0 Å². The van der Waals surface area contributed by atoms with Crippen LogP contribution in [0.5, 0.6) is 0 Å². The molecule has 1 aromatic rings. The maximum atomic E-state index is 12.4. The van der Waals surface area contributed by atoms with E-state index < -0.39 is 35.7 Å². The van der Waals surface area contributed by atoms with Crippen molar-refractivity contribution in [2.75, 3.05) is 0 Å². The number of aliphatic carboxylic acids is 1. The monoisotopic (exact) mass is 351 g/mol. The van der Waals surface area contributed by atoms with Crippen LogP contribution in [0, 0.1) is 5.92 Å². The predicted octanol–water partition coefficient (Wildman–Crippen LogP) is 3.67. The molecule has 7 nitrogen and oxygen atoms in total. The molecule has 25 heavy (non-hydrogen) atoms. The zero-order valence-electron chi connectivity index (χ0n) is 15.2. The van der Waals surface area contributed by atoms with Gasteiger partial charge < -0.3 is 14.6 Å². The number of imide groups is 1. The van der Waals surface area contributed by atoms with Crippen LogP contribution in [0.1, 0.15) is 40.2 Å². The number of carbonyl (C=O) groups is 3. The van der Waals surface area contributed by atoms with Crippen LogP contribution in [-0.4, -0.2) is 39.8 Å². The number of benzene rings is 1. The van der Waals surface area contributed by atoms with E-state index in [1.165, 1.54) is 0 Å². The summed E-state index contributed by atoms with van der Waals surface area (Å²) in [6, 6.07) is 7.49. The fourth-order valence-corrected chi connectivity index (χ4v) is 2.10. The Balaban J connectivity index is 3.01. The van der Waals surface area contributed by atoms with E-state index in [0.717, 1.165) is 5.56 Å². The molecule has 0 bridgehead atoms. The zero-order valence-corrected chi connectivity index (χ0v) is 15.2. The van der Waals surface area contributed by atoms with Gasteiger partial charge in [0.15, 0.2) is 0 Å². The molecule has 0 heterocycles.